The van der Waals surface area contributed by atoms with E-state index >= 15 is 0 Å². The summed E-state index contributed by atoms with van der Waals surface area (Å²) in [6.07, 6.45) is 2.08. The second-order valence-corrected chi connectivity index (χ2v) is 7.33. The number of aromatic nitrogens is 2. The summed E-state index contributed by atoms with van der Waals surface area (Å²) in [6, 6.07) is 14.4. The predicted octanol–water partition coefficient (Wildman–Crippen LogP) is 2.73. The summed E-state index contributed by atoms with van der Waals surface area (Å²) in [4.78, 5) is 43.6. The number of anilines is 1. The van der Waals surface area contributed by atoms with E-state index in [1.165, 1.54) is 17.0 Å². The van der Waals surface area contributed by atoms with E-state index in [9.17, 15) is 19.7 Å². The summed E-state index contributed by atoms with van der Waals surface area (Å²) < 4.78 is 1.94. The highest BCUT2D eigenvalue weighted by Crippen LogP contribution is 2.32. The van der Waals surface area contributed by atoms with Crippen molar-refractivity contribution in [3.8, 4) is 0 Å². The molecule has 3 amide bonds. The van der Waals surface area contributed by atoms with Gasteiger partial charge >= 0.3 is 6.03 Å². The van der Waals surface area contributed by atoms with E-state index in [-0.39, 0.29) is 24.2 Å². The largest absolute Gasteiger partial charge is 0.332 e. The monoisotopic (exact) mass is 403 g/mol. The number of nitro benzene ring substituents is 1. The zero-order chi connectivity index (χ0) is 20.8. The summed E-state index contributed by atoms with van der Waals surface area (Å²) in [5.41, 5.74) is 3.17. The standard InChI is InChI=1S/C21H17N5O4/c27-20-19-10-18-17(12-24(19)21(28)25(20)15-4-2-1-3-5-15)22-13-23(18)11-14-6-8-16(9-7-14)26(29)30/h1-9,13,19H,10-12H2. The van der Waals surface area contributed by atoms with Gasteiger partial charge in [-0.25, -0.2) is 14.7 Å². The molecule has 1 unspecified atom stereocenters. The fourth-order valence-corrected chi connectivity index (χ4v) is 4.05. The highest BCUT2D eigenvalue weighted by Gasteiger charge is 2.48. The molecule has 30 heavy (non-hydrogen) atoms. The molecule has 1 saturated heterocycles. The number of fused-ring (bicyclic) bond motifs is 2. The Bertz CT molecular complexity index is 1160. The Kier molecular flexibility index (Phi) is 4.09. The summed E-state index contributed by atoms with van der Waals surface area (Å²) in [7, 11) is 0. The second kappa shape index (κ2) is 6.80. The van der Waals surface area contributed by atoms with Crippen LogP contribution in [0.1, 0.15) is 17.0 Å². The molecule has 0 spiro atoms. The van der Waals surface area contributed by atoms with Gasteiger partial charge in [-0.05, 0) is 17.7 Å². The number of carbonyl (C=O) groups excluding carboxylic acids is 2. The fourth-order valence-electron chi connectivity index (χ4n) is 4.05. The number of para-hydroxylation sites is 1. The van der Waals surface area contributed by atoms with E-state index < -0.39 is 11.0 Å². The number of hydrogen-bond acceptors (Lipinski definition) is 5. The highest BCUT2D eigenvalue weighted by atomic mass is 16.6. The summed E-state index contributed by atoms with van der Waals surface area (Å²) in [5, 5.41) is 10.8. The molecule has 5 rings (SSSR count). The SMILES string of the molecule is O=C1C2Cc3c(ncn3Cc3ccc([N+](=O)[O-])cc3)CN2C(=O)N1c1ccccc1. The van der Waals surface area contributed by atoms with E-state index in [4.69, 9.17) is 0 Å². The van der Waals surface area contributed by atoms with Gasteiger partial charge in [0.1, 0.15) is 6.04 Å². The van der Waals surface area contributed by atoms with Crippen molar-refractivity contribution in [1.82, 2.24) is 14.5 Å². The first-order chi connectivity index (χ1) is 14.5. The van der Waals surface area contributed by atoms with Crippen LogP contribution in [0.2, 0.25) is 0 Å². The van der Waals surface area contributed by atoms with Crippen molar-refractivity contribution in [2.45, 2.75) is 25.6 Å². The molecule has 1 fully saturated rings. The number of carbonyl (C=O) groups is 2. The molecule has 1 atom stereocenters. The lowest BCUT2D eigenvalue weighted by atomic mass is 10.0. The Hall–Kier alpha value is -4.01. The van der Waals surface area contributed by atoms with Crippen LogP contribution in [0.25, 0.3) is 0 Å². The molecular formula is C21H17N5O4. The molecule has 2 aromatic carbocycles. The van der Waals surface area contributed by atoms with Gasteiger partial charge in [-0.15, -0.1) is 0 Å². The van der Waals surface area contributed by atoms with E-state index in [0.717, 1.165) is 17.0 Å². The Morgan fingerprint density at radius 1 is 1.07 bits per heavy atom. The van der Waals surface area contributed by atoms with Crippen LogP contribution in [0.4, 0.5) is 16.2 Å². The van der Waals surface area contributed by atoms with Gasteiger partial charge in [0, 0.05) is 30.8 Å². The van der Waals surface area contributed by atoms with E-state index in [1.54, 1.807) is 47.6 Å². The Morgan fingerprint density at radius 2 is 1.80 bits per heavy atom. The van der Waals surface area contributed by atoms with Crippen LogP contribution >= 0.6 is 0 Å². The van der Waals surface area contributed by atoms with Crippen molar-refractivity contribution < 1.29 is 14.5 Å². The average Bonchev–Trinajstić information content (AvgIpc) is 3.26. The van der Waals surface area contributed by atoms with E-state index in [2.05, 4.69) is 4.98 Å². The minimum atomic E-state index is -0.558. The lowest BCUT2D eigenvalue weighted by Gasteiger charge is -2.27. The molecule has 0 bridgehead atoms. The third kappa shape index (κ3) is 2.83. The first-order valence-electron chi connectivity index (χ1n) is 9.49. The molecule has 3 heterocycles. The third-order valence-electron chi connectivity index (χ3n) is 5.57. The lowest BCUT2D eigenvalue weighted by molar-refractivity contribution is -0.384. The summed E-state index contributed by atoms with van der Waals surface area (Å²) >= 11 is 0. The van der Waals surface area contributed by atoms with Crippen molar-refractivity contribution in [2.75, 3.05) is 4.90 Å². The Labute approximate surface area is 171 Å². The predicted molar refractivity (Wildman–Crippen MR) is 107 cm³/mol. The quantitative estimate of drug-likeness (QED) is 0.379. The van der Waals surface area contributed by atoms with Gasteiger partial charge in [0.15, 0.2) is 0 Å². The number of hydrogen-bond donors (Lipinski definition) is 0. The maximum absolute atomic E-state index is 13.0. The van der Waals surface area contributed by atoms with Crippen molar-refractivity contribution in [2.24, 2.45) is 0 Å². The van der Waals surface area contributed by atoms with Gasteiger partial charge in [-0.3, -0.25) is 14.9 Å². The zero-order valence-corrected chi connectivity index (χ0v) is 15.8. The highest BCUT2D eigenvalue weighted by molar-refractivity contribution is 6.21. The summed E-state index contributed by atoms with van der Waals surface area (Å²) in [6.45, 7) is 0.763. The maximum Gasteiger partial charge on any atom is 0.332 e. The second-order valence-electron chi connectivity index (χ2n) is 7.33. The number of urea groups is 1. The topological polar surface area (TPSA) is 102 Å². The number of rotatable bonds is 4. The van der Waals surface area contributed by atoms with Crippen LogP contribution in [-0.2, 0) is 24.3 Å². The van der Waals surface area contributed by atoms with Crippen molar-refractivity contribution in [3.05, 3.63) is 88.0 Å². The van der Waals surface area contributed by atoms with Crippen LogP contribution in [0.3, 0.4) is 0 Å². The number of benzene rings is 2. The number of amides is 3. The van der Waals surface area contributed by atoms with Crippen molar-refractivity contribution in [1.29, 1.82) is 0 Å². The molecule has 9 nitrogen and oxygen atoms in total. The smallest absolute Gasteiger partial charge is 0.330 e. The third-order valence-corrected chi connectivity index (χ3v) is 5.57. The lowest BCUT2D eigenvalue weighted by Crippen LogP contribution is -2.40. The Morgan fingerprint density at radius 3 is 2.50 bits per heavy atom. The van der Waals surface area contributed by atoms with Crippen LogP contribution in [0.5, 0.6) is 0 Å². The normalized spacial score (nSPS) is 17.8. The minimum absolute atomic E-state index is 0.0399. The number of nitrogens with zero attached hydrogens (tertiary/aromatic N) is 5. The van der Waals surface area contributed by atoms with Gasteiger partial charge in [0.05, 0.1) is 29.2 Å². The number of imidazole rings is 1. The zero-order valence-electron chi connectivity index (χ0n) is 15.8. The molecule has 2 aliphatic rings. The molecule has 9 heteroatoms. The van der Waals surface area contributed by atoms with Gasteiger partial charge in [-0.2, -0.15) is 0 Å². The maximum atomic E-state index is 13.0. The van der Waals surface area contributed by atoms with Crippen molar-refractivity contribution in [3.63, 3.8) is 0 Å². The molecule has 0 aliphatic carbocycles. The molecule has 0 N–H and O–H groups in total. The van der Waals surface area contributed by atoms with Gasteiger partial charge in [0.25, 0.3) is 11.6 Å². The molecule has 2 aliphatic heterocycles. The first-order valence-corrected chi connectivity index (χ1v) is 9.49. The van der Waals surface area contributed by atoms with Crippen LogP contribution in [0, 0.1) is 10.1 Å². The van der Waals surface area contributed by atoms with Crippen LogP contribution in [0.15, 0.2) is 60.9 Å². The van der Waals surface area contributed by atoms with E-state index in [1.807, 2.05) is 10.6 Å². The minimum Gasteiger partial charge on any atom is -0.330 e. The van der Waals surface area contributed by atoms with Gasteiger partial charge in [0.2, 0.25) is 0 Å². The molecule has 150 valence electrons. The molecule has 3 aromatic rings. The molecular weight excluding hydrogens is 386 g/mol. The van der Waals surface area contributed by atoms with Crippen LogP contribution < -0.4 is 4.90 Å². The number of nitro groups is 1. The van der Waals surface area contributed by atoms with Crippen molar-refractivity contribution >= 4 is 23.3 Å². The van der Waals surface area contributed by atoms with Crippen LogP contribution in [-0.4, -0.2) is 37.4 Å². The van der Waals surface area contributed by atoms with Gasteiger partial charge < -0.3 is 9.47 Å². The van der Waals surface area contributed by atoms with Gasteiger partial charge in [-0.1, -0.05) is 30.3 Å². The molecule has 0 radical (unpaired) electrons. The first kappa shape index (κ1) is 18.0. The number of non-ortho nitro benzene ring substituents is 1. The summed E-state index contributed by atoms with van der Waals surface area (Å²) in [5.74, 6) is -0.236. The Balaban J connectivity index is 1.40. The van der Waals surface area contributed by atoms with E-state index in [0.29, 0.717) is 18.7 Å². The fraction of sp³-hybridized carbons (Fsp3) is 0.190. The molecule has 1 aromatic heterocycles. The average molecular weight is 403 g/mol. The molecule has 0 saturated carbocycles. The number of imide groups is 1.